The van der Waals surface area contributed by atoms with E-state index >= 15 is 0 Å². The number of Topliss-reactive ketones (excluding diaryl/α,β-unsaturated/α-hetero) is 1. The molecule has 2 aromatic rings. The van der Waals surface area contributed by atoms with Crippen LogP contribution < -0.4 is 5.32 Å². The summed E-state index contributed by atoms with van der Waals surface area (Å²) in [6.45, 7) is 3.96. The summed E-state index contributed by atoms with van der Waals surface area (Å²) in [5, 5.41) is 3.73. The van der Waals surface area contributed by atoms with Crippen molar-refractivity contribution in [1.29, 1.82) is 0 Å². The summed E-state index contributed by atoms with van der Waals surface area (Å²) in [6.07, 6.45) is 1.66. The van der Waals surface area contributed by atoms with Crippen LogP contribution in [0.5, 0.6) is 0 Å². The molecule has 5 heteroatoms. The number of halogens is 1. The molecule has 1 fully saturated rings. The molecule has 4 nitrogen and oxygen atoms in total. The number of hydrogen-bond acceptors (Lipinski definition) is 3. The second-order valence-electron chi connectivity index (χ2n) is 4.81. The number of benzene rings is 1. The summed E-state index contributed by atoms with van der Waals surface area (Å²) in [5.74, 6) is -0.260. The quantitative estimate of drug-likeness (QED) is 0.821. The highest BCUT2D eigenvalue weighted by Crippen LogP contribution is 2.21. The van der Waals surface area contributed by atoms with Gasteiger partial charge in [-0.3, -0.25) is 9.69 Å². The van der Waals surface area contributed by atoms with Crippen molar-refractivity contribution in [3.05, 3.63) is 35.8 Å². The highest BCUT2D eigenvalue weighted by atomic mass is 19.1. The summed E-state index contributed by atoms with van der Waals surface area (Å²) in [4.78, 5) is 17.4. The van der Waals surface area contributed by atoms with Crippen molar-refractivity contribution in [2.45, 2.75) is 0 Å². The van der Waals surface area contributed by atoms with Crippen LogP contribution in [0.2, 0.25) is 0 Å². The number of carbonyl (C=O) groups excluding carboxylic acids is 1. The van der Waals surface area contributed by atoms with Crippen molar-refractivity contribution in [2.75, 3.05) is 32.7 Å². The average Bonchev–Trinajstić information content (AvgIpc) is 2.90. The SMILES string of the molecule is O=C(CN1CCNCC1)c1ccc(F)c2cc[nH]c12. The van der Waals surface area contributed by atoms with Gasteiger partial charge in [-0.25, -0.2) is 4.39 Å². The van der Waals surface area contributed by atoms with E-state index in [1.165, 1.54) is 6.07 Å². The minimum atomic E-state index is -0.296. The molecule has 2 N–H and O–H groups in total. The summed E-state index contributed by atoms with van der Waals surface area (Å²) >= 11 is 0. The van der Waals surface area contributed by atoms with E-state index in [9.17, 15) is 9.18 Å². The van der Waals surface area contributed by atoms with Gasteiger partial charge < -0.3 is 10.3 Å². The molecule has 0 unspecified atom stereocenters. The van der Waals surface area contributed by atoms with Crippen LogP contribution in [0.4, 0.5) is 4.39 Å². The minimum Gasteiger partial charge on any atom is -0.360 e. The molecule has 0 amide bonds. The summed E-state index contributed by atoms with van der Waals surface area (Å²) in [7, 11) is 0. The topological polar surface area (TPSA) is 48.1 Å². The number of nitrogens with zero attached hydrogens (tertiary/aromatic N) is 1. The van der Waals surface area contributed by atoms with E-state index < -0.39 is 0 Å². The zero-order valence-electron chi connectivity index (χ0n) is 10.6. The van der Waals surface area contributed by atoms with Crippen molar-refractivity contribution in [3.63, 3.8) is 0 Å². The van der Waals surface area contributed by atoms with Crippen molar-refractivity contribution in [3.8, 4) is 0 Å². The molecular formula is C14H16FN3O. The van der Waals surface area contributed by atoms with Crippen LogP contribution >= 0.6 is 0 Å². The van der Waals surface area contributed by atoms with Crippen LogP contribution in [0.1, 0.15) is 10.4 Å². The van der Waals surface area contributed by atoms with Gasteiger partial charge in [-0.05, 0) is 18.2 Å². The third-order valence-corrected chi connectivity index (χ3v) is 3.55. The van der Waals surface area contributed by atoms with Crippen LogP contribution in [0.15, 0.2) is 24.4 Å². The fourth-order valence-electron chi connectivity index (χ4n) is 2.51. The van der Waals surface area contributed by atoms with Gasteiger partial charge >= 0.3 is 0 Å². The first kappa shape index (κ1) is 12.3. The molecule has 0 spiro atoms. The van der Waals surface area contributed by atoms with Crippen molar-refractivity contribution in [2.24, 2.45) is 0 Å². The second-order valence-corrected chi connectivity index (χ2v) is 4.81. The predicted octanol–water partition coefficient (Wildman–Crippen LogP) is 1.39. The molecule has 19 heavy (non-hydrogen) atoms. The van der Waals surface area contributed by atoms with Gasteiger partial charge in [0.1, 0.15) is 5.82 Å². The third kappa shape index (κ3) is 2.39. The van der Waals surface area contributed by atoms with Crippen molar-refractivity contribution >= 4 is 16.7 Å². The number of piperazine rings is 1. The Bertz CT molecular complexity index is 602. The Morgan fingerprint density at radius 1 is 1.26 bits per heavy atom. The zero-order valence-corrected chi connectivity index (χ0v) is 10.6. The normalized spacial score (nSPS) is 16.9. The fraction of sp³-hybridized carbons (Fsp3) is 0.357. The first-order valence-corrected chi connectivity index (χ1v) is 6.47. The van der Waals surface area contributed by atoms with Gasteiger partial charge in [-0.2, -0.15) is 0 Å². The van der Waals surface area contributed by atoms with E-state index in [0.29, 0.717) is 23.0 Å². The lowest BCUT2D eigenvalue weighted by atomic mass is 10.1. The average molecular weight is 261 g/mol. The summed E-state index contributed by atoms with van der Waals surface area (Å²) < 4.78 is 13.6. The maximum absolute atomic E-state index is 13.6. The lowest BCUT2D eigenvalue weighted by molar-refractivity contribution is 0.0923. The van der Waals surface area contributed by atoms with Crippen LogP contribution in [-0.4, -0.2) is 48.4 Å². The molecule has 0 radical (unpaired) electrons. The number of ketones is 1. The van der Waals surface area contributed by atoms with E-state index in [2.05, 4.69) is 15.2 Å². The van der Waals surface area contributed by atoms with Crippen LogP contribution in [-0.2, 0) is 0 Å². The van der Waals surface area contributed by atoms with E-state index in [1.807, 2.05) is 0 Å². The number of rotatable bonds is 3. The van der Waals surface area contributed by atoms with Gasteiger partial charge in [0.15, 0.2) is 5.78 Å². The van der Waals surface area contributed by atoms with Gasteiger partial charge in [0.05, 0.1) is 12.1 Å². The van der Waals surface area contributed by atoms with Gasteiger partial charge in [-0.15, -0.1) is 0 Å². The Balaban J connectivity index is 1.85. The van der Waals surface area contributed by atoms with Gasteiger partial charge in [-0.1, -0.05) is 0 Å². The number of fused-ring (bicyclic) bond motifs is 1. The Kier molecular flexibility index (Phi) is 3.31. The monoisotopic (exact) mass is 261 g/mol. The predicted molar refractivity (Wildman–Crippen MR) is 71.9 cm³/mol. The minimum absolute atomic E-state index is 0.0364. The number of nitrogens with one attached hydrogen (secondary N) is 2. The van der Waals surface area contributed by atoms with Crippen LogP contribution in [0.3, 0.4) is 0 Å². The molecule has 1 saturated heterocycles. The van der Waals surface area contributed by atoms with E-state index in [-0.39, 0.29) is 11.6 Å². The van der Waals surface area contributed by atoms with Crippen LogP contribution in [0, 0.1) is 5.82 Å². The molecule has 0 saturated carbocycles. The fourth-order valence-corrected chi connectivity index (χ4v) is 2.51. The molecule has 1 aliphatic heterocycles. The smallest absolute Gasteiger partial charge is 0.178 e. The largest absolute Gasteiger partial charge is 0.360 e. The molecule has 1 aliphatic rings. The molecule has 0 aliphatic carbocycles. The zero-order chi connectivity index (χ0) is 13.2. The second kappa shape index (κ2) is 5.11. The molecule has 1 aromatic heterocycles. The van der Waals surface area contributed by atoms with E-state index in [0.717, 1.165) is 26.2 Å². The van der Waals surface area contributed by atoms with Crippen LogP contribution in [0.25, 0.3) is 10.9 Å². The van der Waals surface area contributed by atoms with Crippen molar-refractivity contribution in [1.82, 2.24) is 15.2 Å². The first-order chi connectivity index (χ1) is 9.25. The Morgan fingerprint density at radius 2 is 2.05 bits per heavy atom. The molecule has 100 valence electrons. The summed E-state index contributed by atoms with van der Waals surface area (Å²) in [6, 6.07) is 4.59. The molecule has 2 heterocycles. The number of hydrogen-bond donors (Lipinski definition) is 2. The Labute approximate surface area is 110 Å². The Hall–Kier alpha value is -1.72. The standard InChI is InChI=1S/C14H16FN3O/c15-12-2-1-11(14-10(12)3-4-17-14)13(19)9-18-7-5-16-6-8-18/h1-4,16-17H,5-9H2. The highest BCUT2D eigenvalue weighted by molar-refractivity contribution is 6.07. The number of aromatic nitrogens is 1. The molecule has 3 rings (SSSR count). The van der Waals surface area contributed by atoms with Gasteiger partial charge in [0.25, 0.3) is 0 Å². The highest BCUT2D eigenvalue weighted by Gasteiger charge is 2.18. The maximum Gasteiger partial charge on any atom is 0.178 e. The Morgan fingerprint density at radius 3 is 2.84 bits per heavy atom. The third-order valence-electron chi connectivity index (χ3n) is 3.55. The number of H-pyrrole nitrogens is 1. The van der Waals surface area contributed by atoms with Gasteiger partial charge in [0.2, 0.25) is 0 Å². The maximum atomic E-state index is 13.6. The molecule has 1 aromatic carbocycles. The van der Waals surface area contributed by atoms with E-state index in [4.69, 9.17) is 0 Å². The van der Waals surface area contributed by atoms with Crippen molar-refractivity contribution < 1.29 is 9.18 Å². The first-order valence-electron chi connectivity index (χ1n) is 6.47. The molecular weight excluding hydrogens is 245 g/mol. The van der Waals surface area contributed by atoms with Gasteiger partial charge in [0, 0.05) is 43.3 Å². The van der Waals surface area contributed by atoms with E-state index in [1.54, 1.807) is 18.3 Å². The molecule has 0 bridgehead atoms. The molecule has 0 atom stereocenters. The number of aromatic amines is 1. The lowest BCUT2D eigenvalue weighted by Crippen LogP contribution is -2.45. The summed E-state index contributed by atoms with van der Waals surface area (Å²) in [5.41, 5.74) is 1.17. The number of carbonyl (C=O) groups is 1. The lowest BCUT2D eigenvalue weighted by Gasteiger charge is -2.26.